The summed E-state index contributed by atoms with van der Waals surface area (Å²) in [5, 5.41) is 9.05. The first-order valence-electron chi connectivity index (χ1n) is 8.58. The molecule has 2 aromatic rings. The Morgan fingerprint density at radius 2 is 2.00 bits per heavy atom. The van der Waals surface area contributed by atoms with Gasteiger partial charge in [0, 0.05) is 31.6 Å². The summed E-state index contributed by atoms with van der Waals surface area (Å²) in [6.07, 6.45) is 8.89. The number of hydrogen-bond donors (Lipinski definition) is 1. The maximum Gasteiger partial charge on any atom is 0.129 e. The molecule has 5 nitrogen and oxygen atoms in total. The topological polar surface area (TPSA) is 44.5 Å². The largest absolute Gasteiger partial charge is 0.396 e. The predicted octanol–water partition coefficient (Wildman–Crippen LogP) is 2.52. The molecule has 122 valence electrons. The first kappa shape index (κ1) is 14.6. The molecule has 0 unspecified atom stereocenters. The molecule has 0 amide bonds. The lowest BCUT2D eigenvalue weighted by atomic mass is 10.3. The Morgan fingerprint density at radius 3 is 2.83 bits per heavy atom. The van der Waals surface area contributed by atoms with Gasteiger partial charge in [0.2, 0.25) is 0 Å². The Bertz CT molecular complexity index is 704. The number of aliphatic hydroxyl groups is 1. The van der Waals surface area contributed by atoms with Crippen LogP contribution in [0.2, 0.25) is 0 Å². The quantitative estimate of drug-likeness (QED) is 0.798. The lowest BCUT2D eigenvalue weighted by Crippen LogP contribution is -2.27. The molecule has 1 aliphatic heterocycles. The molecule has 2 aliphatic rings. The molecule has 5 heteroatoms. The molecule has 23 heavy (non-hydrogen) atoms. The van der Waals surface area contributed by atoms with Gasteiger partial charge >= 0.3 is 0 Å². The van der Waals surface area contributed by atoms with E-state index in [1.54, 1.807) is 0 Å². The Hall–Kier alpha value is -2.01. The standard InChI is InChI=1S/C18H24N4O/c23-12-4-3-9-22-17-6-2-1-5-16(17)19-18(22)13-20-10-11-21(14-20)15-7-8-15/h1-2,5-6,10-11,15,23H,3-4,7-9,12-14H2. The second-order valence-electron chi connectivity index (χ2n) is 6.53. The number of para-hydroxylation sites is 2. The van der Waals surface area contributed by atoms with E-state index < -0.39 is 0 Å². The highest BCUT2D eigenvalue weighted by Crippen LogP contribution is 2.30. The second kappa shape index (κ2) is 6.24. The van der Waals surface area contributed by atoms with Crippen LogP contribution in [0.25, 0.3) is 11.0 Å². The molecular weight excluding hydrogens is 288 g/mol. The Kier molecular flexibility index (Phi) is 3.95. The molecule has 0 bridgehead atoms. The van der Waals surface area contributed by atoms with Crippen LogP contribution in [0.3, 0.4) is 0 Å². The molecule has 4 rings (SSSR count). The number of aromatic nitrogens is 2. The molecule has 1 aromatic carbocycles. The van der Waals surface area contributed by atoms with E-state index >= 15 is 0 Å². The summed E-state index contributed by atoms with van der Waals surface area (Å²) < 4.78 is 2.32. The fourth-order valence-electron chi connectivity index (χ4n) is 3.29. The normalized spacial score (nSPS) is 17.6. The van der Waals surface area contributed by atoms with E-state index in [0.717, 1.165) is 50.0 Å². The van der Waals surface area contributed by atoms with Crippen LogP contribution in [0.4, 0.5) is 0 Å². The monoisotopic (exact) mass is 312 g/mol. The van der Waals surface area contributed by atoms with Crippen molar-refractivity contribution in [1.82, 2.24) is 19.4 Å². The third kappa shape index (κ3) is 3.06. The zero-order valence-corrected chi connectivity index (χ0v) is 13.4. The molecular formula is C18H24N4O. The van der Waals surface area contributed by atoms with E-state index in [2.05, 4.69) is 45.0 Å². The lowest BCUT2D eigenvalue weighted by Gasteiger charge is -2.21. The van der Waals surface area contributed by atoms with Gasteiger partial charge in [-0.2, -0.15) is 0 Å². The zero-order valence-electron chi connectivity index (χ0n) is 13.4. The minimum Gasteiger partial charge on any atom is -0.396 e. The number of unbranched alkanes of at least 4 members (excludes halogenated alkanes) is 1. The number of aryl methyl sites for hydroxylation is 1. The molecule has 1 aliphatic carbocycles. The predicted molar refractivity (Wildman–Crippen MR) is 90.5 cm³/mol. The van der Waals surface area contributed by atoms with E-state index in [0.29, 0.717) is 0 Å². The third-order valence-electron chi connectivity index (χ3n) is 4.70. The summed E-state index contributed by atoms with van der Waals surface area (Å²) in [6, 6.07) is 9.10. The molecule has 0 saturated heterocycles. The van der Waals surface area contributed by atoms with Crippen LogP contribution in [0, 0.1) is 0 Å². The highest BCUT2D eigenvalue weighted by molar-refractivity contribution is 5.75. The van der Waals surface area contributed by atoms with Crippen LogP contribution in [-0.4, -0.2) is 43.8 Å². The number of imidazole rings is 1. The fourth-order valence-corrected chi connectivity index (χ4v) is 3.29. The van der Waals surface area contributed by atoms with Crippen molar-refractivity contribution < 1.29 is 5.11 Å². The van der Waals surface area contributed by atoms with Gasteiger partial charge in [-0.05, 0) is 37.8 Å². The van der Waals surface area contributed by atoms with Crippen molar-refractivity contribution in [3.05, 3.63) is 42.5 Å². The minimum absolute atomic E-state index is 0.257. The Labute approximate surface area is 136 Å². The smallest absolute Gasteiger partial charge is 0.129 e. The third-order valence-corrected chi connectivity index (χ3v) is 4.70. The van der Waals surface area contributed by atoms with Crippen LogP contribution in [0.5, 0.6) is 0 Å². The molecule has 0 atom stereocenters. The number of nitrogens with zero attached hydrogens (tertiary/aromatic N) is 4. The summed E-state index contributed by atoms with van der Waals surface area (Å²) >= 11 is 0. The van der Waals surface area contributed by atoms with Crippen molar-refractivity contribution in [2.75, 3.05) is 13.3 Å². The van der Waals surface area contributed by atoms with Gasteiger partial charge in [0.05, 0.1) is 24.2 Å². The molecule has 1 fully saturated rings. The second-order valence-corrected chi connectivity index (χ2v) is 6.53. The molecule has 1 N–H and O–H groups in total. The lowest BCUT2D eigenvalue weighted by molar-refractivity contribution is 0.247. The summed E-state index contributed by atoms with van der Waals surface area (Å²) in [5.41, 5.74) is 2.26. The molecule has 1 saturated carbocycles. The van der Waals surface area contributed by atoms with E-state index in [1.165, 1.54) is 18.4 Å². The number of hydrogen-bond acceptors (Lipinski definition) is 4. The van der Waals surface area contributed by atoms with Crippen molar-refractivity contribution in [2.24, 2.45) is 0 Å². The van der Waals surface area contributed by atoms with Crippen LogP contribution in [0.1, 0.15) is 31.5 Å². The van der Waals surface area contributed by atoms with Crippen LogP contribution < -0.4 is 0 Å². The van der Waals surface area contributed by atoms with Crippen LogP contribution in [-0.2, 0) is 13.1 Å². The van der Waals surface area contributed by atoms with E-state index in [9.17, 15) is 0 Å². The SMILES string of the molecule is OCCCCn1c(CN2C=CN(C3CC3)C2)nc2ccccc21. The molecule has 1 aromatic heterocycles. The number of aliphatic hydroxyl groups excluding tert-OH is 1. The number of rotatable bonds is 7. The van der Waals surface area contributed by atoms with Gasteiger partial charge < -0.3 is 19.5 Å². The van der Waals surface area contributed by atoms with Crippen molar-refractivity contribution in [3.8, 4) is 0 Å². The van der Waals surface area contributed by atoms with Gasteiger partial charge in [0.1, 0.15) is 5.82 Å². The van der Waals surface area contributed by atoms with Gasteiger partial charge in [-0.15, -0.1) is 0 Å². The van der Waals surface area contributed by atoms with Gasteiger partial charge in [-0.25, -0.2) is 4.98 Å². The highest BCUT2D eigenvalue weighted by atomic mass is 16.2. The Balaban J connectivity index is 1.53. The summed E-state index contributed by atoms with van der Waals surface area (Å²) in [4.78, 5) is 9.61. The zero-order chi connectivity index (χ0) is 15.6. The first-order valence-corrected chi connectivity index (χ1v) is 8.58. The average Bonchev–Trinajstić information content (AvgIpc) is 3.22. The number of benzene rings is 1. The molecule has 0 radical (unpaired) electrons. The van der Waals surface area contributed by atoms with Crippen molar-refractivity contribution in [2.45, 2.75) is 44.8 Å². The molecule has 2 heterocycles. The highest BCUT2D eigenvalue weighted by Gasteiger charge is 2.30. The fraction of sp³-hybridized carbons (Fsp3) is 0.500. The van der Waals surface area contributed by atoms with Crippen molar-refractivity contribution in [1.29, 1.82) is 0 Å². The van der Waals surface area contributed by atoms with Crippen molar-refractivity contribution in [3.63, 3.8) is 0 Å². The van der Waals surface area contributed by atoms with Gasteiger partial charge in [-0.1, -0.05) is 12.1 Å². The van der Waals surface area contributed by atoms with E-state index in [4.69, 9.17) is 10.1 Å². The number of fused-ring (bicyclic) bond motifs is 1. The maximum atomic E-state index is 9.05. The van der Waals surface area contributed by atoms with Crippen LogP contribution >= 0.6 is 0 Å². The minimum atomic E-state index is 0.257. The van der Waals surface area contributed by atoms with Crippen molar-refractivity contribution >= 4 is 11.0 Å². The van der Waals surface area contributed by atoms with E-state index in [1.807, 2.05) is 6.07 Å². The van der Waals surface area contributed by atoms with Gasteiger partial charge in [0.15, 0.2) is 0 Å². The van der Waals surface area contributed by atoms with E-state index in [-0.39, 0.29) is 6.61 Å². The Morgan fingerprint density at radius 1 is 1.13 bits per heavy atom. The summed E-state index contributed by atoms with van der Waals surface area (Å²) in [7, 11) is 0. The molecule has 0 spiro atoms. The van der Waals surface area contributed by atoms with Gasteiger partial charge in [0.25, 0.3) is 0 Å². The average molecular weight is 312 g/mol. The van der Waals surface area contributed by atoms with Gasteiger partial charge in [-0.3, -0.25) is 0 Å². The maximum absolute atomic E-state index is 9.05. The first-order chi connectivity index (χ1) is 11.3. The summed E-state index contributed by atoms with van der Waals surface area (Å²) in [6.45, 7) is 2.99. The summed E-state index contributed by atoms with van der Waals surface area (Å²) in [5.74, 6) is 1.12. The van der Waals surface area contributed by atoms with Crippen LogP contribution in [0.15, 0.2) is 36.7 Å².